The van der Waals surface area contributed by atoms with Crippen LogP contribution in [0.4, 0.5) is 5.69 Å². The average molecular weight is 1240 g/mol. The summed E-state index contributed by atoms with van der Waals surface area (Å²) in [5, 5.41) is 11.9. The average Bonchev–Trinajstić information content (AvgIpc) is 3.62. The van der Waals surface area contributed by atoms with Gasteiger partial charge in [-0.3, -0.25) is 33.6 Å². The number of carboxylic acids is 1. The summed E-state index contributed by atoms with van der Waals surface area (Å²) in [6.45, 7) is 5.32. The van der Waals surface area contributed by atoms with E-state index >= 15 is 19.2 Å². The molecule has 6 rings (SSSR count). The second-order valence-corrected chi connectivity index (χ2v) is 23.1. The van der Waals surface area contributed by atoms with Crippen LogP contribution in [-0.2, 0) is 54.7 Å². The molecule has 5 aromatic carbocycles. The minimum absolute atomic E-state index is 0.0331. The molecule has 0 spiro atoms. The minimum Gasteiger partial charge on any atom is -0.497 e. The molecule has 5 aromatic rings. The van der Waals surface area contributed by atoms with Crippen LogP contribution in [0.1, 0.15) is 82.7 Å². The highest BCUT2D eigenvalue weighted by Crippen LogP contribution is 2.31. The summed E-state index contributed by atoms with van der Waals surface area (Å²) in [7, 11) is 1.01. The van der Waals surface area contributed by atoms with Crippen LogP contribution in [0.15, 0.2) is 121 Å². The monoisotopic (exact) mass is 1230 g/mol. The largest absolute Gasteiger partial charge is 0.497 e. The lowest BCUT2D eigenvalue weighted by Crippen LogP contribution is -2.55. The standard InChI is InChI=1S/C64H82N8O15S/c1-43(2)85-34-33-68-39-60(75)71(46(5)48-24-28-53(29-25-48)87-88(9,81)66-31-16-15-20-56(65)64(79)80)42-62(77)70(45(4)47-22-26-51(82-6)27-23-47)38-58(73)67-44(3)63(78)69(32-30-49-17-13-14-21-57(49)86-52-18-11-10-12-19-52)40-61(76)72(41-59(68)74)50-35-54(83-7)37-55(36-50)84-8/h10-14,17-19,21-29,35-37,43-46,56H,9,15-16,20,30-34,38-42,65H2,1-8H3,(H,66,81)(H,67,73)(H,79,80)/t44-,45+,46+,56+,88?/m1/s1. The molecule has 0 aromatic heterocycles. The van der Waals surface area contributed by atoms with Crippen molar-refractivity contribution < 1.29 is 70.7 Å². The van der Waals surface area contributed by atoms with Crippen molar-refractivity contribution >= 4 is 63.0 Å². The minimum atomic E-state index is -3.36. The van der Waals surface area contributed by atoms with Crippen LogP contribution in [0.2, 0.25) is 0 Å². The fourth-order valence-corrected chi connectivity index (χ4v) is 10.6. The van der Waals surface area contributed by atoms with Crippen LogP contribution >= 0.6 is 0 Å². The molecule has 1 heterocycles. The Labute approximate surface area is 515 Å². The third-order valence-corrected chi connectivity index (χ3v) is 15.8. The Balaban J connectivity index is 1.42. The molecule has 5 N–H and O–H groups in total. The number of nitrogens with two attached hydrogens (primary N) is 1. The number of carbonyl (C=O) groups is 7. The Morgan fingerprint density at radius 1 is 0.670 bits per heavy atom. The van der Waals surface area contributed by atoms with Crippen molar-refractivity contribution in [1.29, 1.82) is 0 Å². The van der Waals surface area contributed by atoms with Crippen molar-refractivity contribution in [3.63, 3.8) is 0 Å². The number of rotatable bonds is 26. The molecular weight excluding hydrogens is 1150 g/mol. The number of nitrogens with zero attached hydrogens (tertiary/aromatic N) is 5. The number of ether oxygens (including phenoxy) is 5. The van der Waals surface area contributed by atoms with Gasteiger partial charge in [0, 0.05) is 43.7 Å². The summed E-state index contributed by atoms with van der Waals surface area (Å²) in [4.78, 5) is 108. The number of methoxy groups -OCH3 is 3. The number of hydrogen-bond donors (Lipinski definition) is 4. The number of para-hydroxylation sites is 2. The smallest absolute Gasteiger partial charge is 0.320 e. The highest BCUT2D eigenvalue weighted by Gasteiger charge is 2.35. The van der Waals surface area contributed by atoms with Gasteiger partial charge in [-0.05, 0) is 113 Å². The third kappa shape index (κ3) is 20.2. The van der Waals surface area contributed by atoms with Crippen LogP contribution in [0.25, 0.3) is 0 Å². The maximum absolute atomic E-state index is 15.3. The Morgan fingerprint density at radius 2 is 1.24 bits per heavy atom. The lowest BCUT2D eigenvalue weighted by Gasteiger charge is -2.36. The van der Waals surface area contributed by atoms with E-state index in [1.165, 1.54) is 77.0 Å². The molecule has 88 heavy (non-hydrogen) atoms. The van der Waals surface area contributed by atoms with E-state index in [1.54, 1.807) is 74.5 Å². The molecule has 474 valence electrons. The number of carbonyl (C=O) groups excluding carboxylic acids is 6. The number of benzene rings is 5. The molecule has 1 saturated heterocycles. The molecule has 1 fully saturated rings. The van der Waals surface area contributed by atoms with E-state index in [9.17, 15) is 18.6 Å². The Morgan fingerprint density at radius 3 is 1.84 bits per heavy atom. The van der Waals surface area contributed by atoms with E-state index in [0.29, 0.717) is 46.8 Å². The quantitative estimate of drug-likeness (QED) is 0.0367. The maximum Gasteiger partial charge on any atom is 0.320 e. The van der Waals surface area contributed by atoms with Gasteiger partial charge in [0.1, 0.15) is 72.8 Å². The van der Waals surface area contributed by atoms with Crippen LogP contribution in [-0.4, -0.2) is 175 Å². The molecule has 1 unspecified atom stereocenters. The molecule has 0 saturated carbocycles. The van der Waals surface area contributed by atoms with E-state index in [2.05, 4.69) is 15.9 Å². The highest BCUT2D eigenvalue weighted by atomic mass is 32.2. The zero-order chi connectivity index (χ0) is 64.1. The third-order valence-electron chi connectivity index (χ3n) is 14.7. The number of nitrogens with one attached hydrogen (secondary N) is 2. The lowest BCUT2D eigenvalue weighted by molar-refractivity contribution is -0.148. The maximum atomic E-state index is 15.3. The number of anilines is 1. The van der Waals surface area contributed by atoms with Gasteiger partial charge in [-0.15, -0.1) is 0 Å². The molecule has 0 aliphatic carbocycles. The van der Waals surface area contributed by atoms with Gasteiger partial charge < -0.3 is 68.5 Å². The van der Waals surface area contributed by atoms with Gasteiger partial charge in [-0.25, -0.2) is 8.93 Å². The molecule has 1 aliphatic rings. The number of amides is 6. The summed E-state index contributed by atoms with van der Waals surface area (Å²) in [5.74, 6) is 0.743. The van der Waals surface area contributed by atoms with Crippen molar-refractivity contribution in [2.75, 3.05) is 85.2 Å². The van der Waals surface area contributed by atoms with E-state index in [0.717, 1.165) is 0 Å². The molecule has 1 aliphatic heterocycles. The van der Waals surface area contributed by atoms with Crippen LogP contribution in [0, 0.1) is 0 Å². The summed E-state index contributed by atoms with van der Waals surface area (Å²) < 4.78 is 50.7. The molecule has 24 heteroatoms. The first kappa shape index (κ1) is 68.4. The molecule has 5 atom stereocenters. The Hall–Kier alpha value is -8.71. The van der Waals surface area contributed by atoms with Crippen molar-refractivity contribution in [3.8, 4) is 34.5 Å². The Bertz CT molecular complexity index is 3260. The number of unbranched alkanes of at least 4 members (excludes halogenated alkanes) is 1. The number of aliphatic carboxylic acids is 1. The van der Waals surface area contributed by atoms with E-state index in [-0.39, 0.29) is 68.1 Å². The first-order chi connectivity index (χ1) is 42.0. The molecule has 6 amide bonds. The van der Waals surface area contributed by atoms with Gasteiger partial charge in [0.05, 0.1) is 58.4 Å². The second-order valence-electron chi connectivity index (χ2n) is 21.4. The molecule has 23 nitrogen and oxygen atoms in total. The van der Waals surface area contributed by atoms with Crippen LogP contribution in [0.5, 0.6) is 34.5 Å². The van der Waals surface area contributed by atoms with Gasteiger partial charge in [0.15, 0.2) is 9.99 Å². The van der Waals surface area contributed by atoms with Gasteiger partial charge in [-0.1, -0.05) is 67.1 Å². The van der Waals surface area contributed by atoms with Gasteiger partial charge in [0.25, 0.3) is 0 Å². The normalized spacial score (nSPS) is 16.9. The highest BCUT2D eigenvalue weighted by molar-refractivity contribution is 7.94. The first-order valence-electron chi connectivity index (χ1n) is 28.9. The fourth-order valence-electron chi connectivity index (χ4n) is 9.61. The SMILES string of the molecule is C=S(=O)(NCCCC[C@H](N)C(=O)O)Oc1ccc([C@H](C)N2CC(=O)N([C@@H](C)c3ccc(OC)cc3)CC(=O)N[C@H](C)C(=O)N(CCc3ccccc3Oc3ccccc3)CC(=O)N(c3cc(OC)cc(OC)c3)CC(=O)N(CCOC(C)C)CC2=O)cc1. The predicted molar refractivity (Wildman–Crippen MR) is 333 cm³/mol. The van der Waals surface area contributed by atoms with Crippen molar-refractivity contribution in [2.24, 2.45) is 5.73 Å². The zero-order valence-electron chi connectivity index (χ0n) is 51.2. The summed E-state index contributed by atoms with van der Waals surface area (Å²) in [6.07, 6.45) is 1.02. The molecule has 0 bridgehead atoms. The Kier molecular flexibility index (Phi) is 25.5. The summed E-state index contributed by atoms with van der Waals surface area (Å²) in [6, 6.07) is 30.2. The van der Waals surface area contributed by atoms with Crippen molar-refractivity contribution in [3.05, 3.63) is 138 Å². The second kappa shape index (κ2) is 32.9. The van der Waals surface area contributed by atoms with Crippen molar-refractivity contribution in [1.82, 2.24) is 29.6 Å². The lowest BCUT2D eigenvalue weighted by atomic mass is 10.0. The molecular formula is C64H82N8O15S. The van der Waals surface area contributed by atoms with E-state index in [1.807, 2.05) is 50.2 Å². The van der Waals surface area contributed by atoms with Crippen molar-refractivity contribution in [2.45, 2.75) is 90.6 Å². The van der Waals surface area contributed by atoms with E-state index < -0.39 is 108 Å². The van der Waals surface area contributed by atoms with Gasteiger partial charge >= 0.3 is 5.97 Å². The molecule has 0 radical (unpaired) electrons. The number of carboxylic acid groups (broad SMARTS) is 1. The van der Waals surface area contributed by atoms with Crippen LogP contribution < -0.4 is 43.8 Å². The van der Waals surface area contributed by atoms with Gasteiger partial charge in [0.2, 0.25) is 35.4 Å². The summed E-state index contributed by atoms with van der Waals surface area (Å²) >= 11 is 0. The fraction of sp³-hybridized carbons (Fsp3) is 0.406. The van der Waals surface area contributed by atoms with Crippen LogP contribution in [0.3, 0.4) is 0 Å². The number of hydrogen-bond acceptors (Lipinski definition) is 15. The van der Waals surface area contributed by atoms with Gasteiger partial charge in [-0.2, -0.15) is 0 Å². The van der Waals surface area contributed by atoms with E-state index in [4.69, 9.17) is 38.7 Å². The zero-order valence-corrected chi connectivity index (χ0v) is 52.0. The summed E-state index contributed by atoms with van der Waals surface area (Å²) in [5.41, 5.74) is 7.56. The topological polar surface area (TPSA) is 278 Å². The first-order valence-corrected chi connectivity index (χ1v) is 30.6. The predicted octanol–water partition coefficient (Wildman–Crippen LogP) is 5.96.